The molecule has 0 fully saturated rings. The molecule has 22 heavy (non-hydrogen) atoms. The van der Waals surface area contributed by atoms with E-state index in [0.717, 1.165) is 24.3 Å². The molecule has 0 aliphatic heterocycles. The van der Waals surface area contributed by atoms with Crippen molar-refractivity contribution in [2.75, 3.05) is 17.2 Å². The molecule has 118 valence electrons. The molecule has 1 heterocycles. The number of hydrogen-bond donors (Lipinski definition) is 2. The summed E-state index contributed by atoms with van der Waals surface area (Å²) in [5.74, 6) is 1.45. The predicted octanol–water partition coefficient (Wildman–Crippen LogP) is 3.55. The van der Waals surface area contributed by atoms with Gasteiger partial charge in [-0.25, -0.2) is 4.79 Å². The summed E-state index contributed by atoms with van der Waals surface area (Å²) in [5.41, 5.74) is 1.56. The zero-order chi connectivity index (χ0) is 15.9. The Morgan fingerprint density at radius 1 is 1.27 bits per heavy atom. The molecule has 0 bridgehead atoms. The van der Waals surface area contributed by atoms with Gasteiger partial charge < -0.3 is 10.1 Å². The Hall–Kier alpha value is -2.50. The van der Waals surface area contributed by atoms with E-state index in [0.29, 0.717) is 18.1 Å². The second kappa shape index (κ2) is 7.49. The number of urea groups is 1. The van der Waals surface area contributed by atoms with Crippen molar-refractivity contribution in [3.63, 3.8) is 0 Å². The van der Waals surface area contributed by atoms with Crippen LogP contribution in [0.2, 0.25) is 0 Å². The highest BCUT2D eigenvalue weighted by atomic mass is 16.5. The predicted molar refractivity (Wildman–Crippen MR) is 87.4 cm³/mol. The van der Waals surface area contributed by atoms with Crippen molar-refractivity contribution in [2.45, 2.75) is 26.7 Å². The quantitative estimate of drug-likeness (QED) is 0.802. The van der Waals surface area contributed by atoms with Crippen LogP contribution in [0.3, 0.4) is 0 Å². The summed E-state index contributed by atoms with van der Waals surface area (Å²) in [6.45, 7) is 4.71. The van der Waals surface area contributed by atoms with Crippen LogP contribution < -0.4 is 15.4 Å². The molecule has 0 aliphatic rings. The number of unbranched alkanes of at least 4 members (excludes halogenated alkanes) is 1. The molecule has 1 aromatic carbocycles. The molecule has 0 aliphatic carbocycles. The summed E-state index contributed by atoms with van der Waals surface area (Å²) in [4.78, 5) is 11.9. The van der Waals surface area contributed by atoms with Crippen molar-refractivity contribution in [3.8, 4) is 5.75 Å². The van der Waals surface area contributed by atoms with E-state index in [-0.39, 0.29) is 6.03 Å². The van der Waals surface area contributed by atoms with Gasteiger partial charge in [0.2, 0.25) is 0 Å². The van der Waals surface area contributed by atoms with E-state index in [2.05, 4.69) is 22.7 Å². The van der Waals surface area contributed by atoms with Crippen LogP contribution in [0.4, 0.5) is 16.3 Å². The molecule has 6 heteroatoms. The number of benzene rings is 1. The summed E-state index contributed by atoms with van der Waals surface area (Å²) < 4.78 is 7.21. The van der Waals surface area contributed by atoms with E-state index in [1.54, 1.807) is 11.7 Å². The maximum Gasteiger partial charge on any atom is 0.324 e. The number of nitrogens with one attached hydrogen (secondary N) is 2. The molecule has 0 saturated heterocycles. The van der Waals surface area contributed by atoms with Crippen LogP contribution in [0, 0.1) is 6.92 Å². The number of hydrogen-bond acceptors (Lipinski definition) is 3. The van der Waals surface area contributed by atoms with Crippen LogP contribution in [0.5, 0.6) is 5.75 Å². The molecule has 0 atom stereocenters. The highest BCUT2D eigenvalue weighted by Crippen LogP contribution is 2.16. The maximum atomic E-state index is 11.9. The number of anilines is 2. The first kappa shape index (κ1) is 15.9. The molecule has 2 N–H and O–H groups in total. The van der Waals surface area contributed by atoms with Gasteiger partial charge in [-0.2, -0.15) is 5.10 Å². The van der Waals surface area contributed by atoms with Gasteiger partial charge in [0.15, 0.2) is 0 Å². The van der Waals surface area contributed by atoms with Crippen LogP contribution in [0.25, 0.3) is 0 Å². The number of aryl methyl sites for hydroxylation is 2. The van der Waals surface area contributed by atoms with Crippen LogP contribution in [0.1, 0.15) is 25.5 Å². The van der Waals surface area contributed by atoms with Crippen molar-refractivity contribution < 1.29 is 9.53 Å². The molecule has 2 aromatic rings. The molecule has 2 amide bonds. The number of amides is 2. The standard InChI is InChI=1S/C16H22N4O2/c1-4-5-10-22-14-8-6-13(7-9-14)17-16(21)18-15-11-12(2)19-20(15)3/h6-9,11H,4-5,10H2,1-3H3,(H2,17,18,21). The average molecular weight is 302 g/mol. The van der Waals surface area contributed by atoms with Crippen molar-refractivity contribution in [1.29, 1.82) is 0 Å². The molecule has 6 nitrogen and oxygen atoms in total. The van der Waals surface area contributed by atoms with E-state index in [1.165, 1.54) is 0 Å². The first-order chi connectivity index (χ1) is 10.6. The Bertz CT molecular complexity index is 620. The lowest BCUT2D eigenvalue weighted by molar-refractivity contribution is 0.262. The molecule has 2 rings (SSSR count). The normalized spacial score (nSPS) is 10.3. The number of ether oxygens (including phenoxy) is 1. The molecule has 0 spiro atoms. The average Bonchev–Trinajstić information content (AvgIpc) is 2.79. The lowest BCUT2D eigenvalue weighted by Crippen LogP contribution is -2.20. The monoisotopic (exact) mass is 302 g/mol. The Kier molecular flexibility index (Phi) is 5.41. The maximum absolute atomic E-state index is 11.9. The molecular formula is C16H22N4O2. The Morgan fingerprint density at radius 2 is 2.00 bits per heavy atom. The second-order valence-corrected chi connectivity index (χ2v) is 5.10. The van der Waals surface area contributed by atoms with Gasteiger partial charge in [-0.05, 0) is 37.6 Å². The SMILES string of the molecule is CCCCOc1ccc(NC(=O)Nc2cc(C)nn2C)cc1. The minimum Gasteiger partial charge on any atom is -0.494 e. The fourth-order valence-electron chi connectivity index (χ4n) is 1.98. The van der Waals surface area contributed by atoms with Crippen LogP contribution in [-0.4, -0.2) is 22.4 Å². The highest BCUT2D eigenvalue weighted by molar-refractivity contribution is 5.99. The molecule has 0 radical (unpaired) electrons. The molecule has 0 unspecified atom stereocenters. The largest absolute Gasteiger partial charge is 0.494 e. The van der Waals surface area contributed by atoms with E-state index in [1.807, 2.05) is 37.3 Å². The Balaban J connectivity index is 1.87. The molecule has 1 aromatic heterocycles. The van der Waals surface area contributed by atoms with Gasteiger partial charge in [-0.15, -0.1) is 0 Å². The van der Waals surface area contributed by atoms with E-state index < -0.39 is 0 Å². The Labute approximate surface area is 130 Å². The van der Waals surface area contributed by atoms with Crippen LogP contribution >= 0.6 is 0 Å². The highest BCUT2D eigenvalue weighted by Gasteiger charge is 2.07. The number of carbonyl (C=O) groups is 1. The van der Waals surface area contributed by atoms with Crippen LogP contribution in [-0.2, 0) is 7.05 Å². The zero-order valence-electron chi connectivity index (χ0n) is 13.2. The third kappa shape index (κ3) is 4.51. The van der Waals surface area contributed by atoms with Crippen molar-refractivity contribution in [3.05, 3.63) is 36.0 Å². The fourth-order valence-corrected chi connectivity index (χ4v) is 1.98. The van der Waals surface area contributed by atoms with Gasteiger partial charge in [0.05, 0.1) is 12.3 Å². The Morgan fingerprint density at radius 3 is 2.59 bits per heavy atom. The summed E-state index contributed by atoms with van der Waals surface area (Å²) >= 11 is 0. The van der Waals surface area contributed by atoms with E-state index in [4.69, 9.17) is 4.74 Å². The van der Waals surface area contributed by atoms with Crippen molar-refractivity contribution in [2.24, 2.45) is 7.05 Å². The van der Waals surface area contributed by atoms with Gasteiger partial charge in [0.25, 0.3) is 0 Å². The summed E-state index contributed by atoms with van der Waals surface area (Å²) in [6, 6.07) is 8.83. The summed E-state index contributed by atoms with van der Waals surface area (Å²) in [6.07, 6.45) is 2.14. The summed E-state index contributed by atoms with van der Waals surface area (Å²) in [5, 5.41) is 9.71. The lowest BCUT2D eigenvalue weighted by Gasteiger charge is -2.09. The van der Waals surface area contributed by atoms with Crippen molar-refractivity contribution >= 4 is 17.5 Å². The molecule has 0 saturated carbocycles. The van der Waals surface area contributed by atoms with Gasteiger partial charge in [0.1, 0.15) is 11.6 Å². The number of rotatable bonds is 6. The topological polar surface area (TPSA) is 68.2 Å². The number of aromatic nitrogens is 2. The first-order valence-electron chi connectivity index (χ1n) is 7.40. The summed E-state index contributed by atoms with van der Waals surface area (Å²) in [7, 11) is 1.78. The van der Waals surface area contributed by atoms with E-state index in [9.17, 15) is 4.79 Å². The smallest absolute Gasteiger partial charge is 0.324 e. The first-order valence-corrected chi connectivity index (χ1v) is 7.40. The van der Waals surface area contributed by atoms with Crippen molar-refractivity contribution in [1.82, 2.24) is 9.78 Å². The minimum absolute atomic E-state index is 0.303. The third-order valence-electron chi connectivity index (χ3n) is 3.12. The van der Waals surface area contributed by atoms with Gasteiger partial charge in [0, 0.05) is 18.8 Å². The van der Waals surface area contributed by atoms with E-state index >= 15 is 0 Å². The van der Waals surface area contributed by atoms with Gasteiger partial charge >= 0.3 is 6.03 Å². The third-order valence-corrected chi connectivity index (χ3v) is 3.12. The lowest BCUT2D eigenvalue weighted by atomic mass is 10.3. The van der Waals surface area contributed by atoms with Gasteiger partial charge in [-0.1, -0.05) is 13.3 Å². The minimum atomic E-state index is -0.303. The van der Waals surface area contributed by atoms with Crippen LogP contribution in [0.15, 0.2) is 30.3 Å². The molecular weight excluding hydrogens is 280 g/mol. The number of carbonyl (C=O) groups excluding carboxylic acids is 1. The van der Waals surface area contributed by atoms with Gasteiger partial charge in [-0.3, -0.25) is 10.00 Å². The second-order valence-electron chi connectivity index (χ2n) is 5.10. The zero-order valence-corrected chi connectivity index (χ0v) is 13.2. The number of nitrogens with zero attached hydrogens (tertiary/aromatic N) is 2. The fraction of sp³-hybridized carbons (Fsp3) is 0.375.